The Morgan fingerprint density at radius 2 is 2.29 bits per heavy atom. The van der Waals surface area contributed by atoms with Crippen LogP contribution < -0.4 is 0 Å². The fourth-order valence-electron chi connectivity index (χ4n) is 2.35. The molecule has 0 bridgehead atoms. The van der Waals surface area contributed by atoms with E-state index in [1.807, 2.05) is 6.92 Å². The molecule has 5 nitrogen and oxygen atoms in total. The van der Waals surface area contributed by atoms with E-state index in [0.29, 0.717) is 6.61 Å². The van der Waals surface area contributed by atoms with Gasteiger partial charge in [-0.2, -0.15) is 0 Å². The van der Waals surface area contributed by atoms with Gasteiger partial charge in [0.05, 0.1) is 26.2 Å². The van der Waals surface area contributed by atoms with E-state index in [9.17, 15) is 4.79 Å². The lowest BCUT2D eigenvalue weighted by Gasteiger charge is -2.35. The Morgan fingerprint density at radius 3 is 2.94 bits per heavy atom. The van der Waals surface area contributed by atoms with Gasteiger partial charge in [0.2, 0.25) is 0 Å². The second-order valence-corrected chi connectivity index (χ2v) is 4.70. The molecule has 3 unspecified atom stereocenters. The number of ether oxygens (including phenoxy) is 4. The molecule has 3 atom stereocenters. The molecule has 17 heavy (non-hydrogen) atoms. The Hall–Kier alpha value is -0.650. The molecule has 2 aliphatic rings. The van der Waals surface area contributed by atoms with Crippen LogP contribution in [0.3, 0.4) is 0 Å². The third kappa shape index (κ3) is 2.97. The average Bonchev–Trinajstić information content (AvgIpc) is 2.73. The molecular formula is C12H20O5. The lowest BCUT2D eigenvalue weighted by atomic mass is 10.0. The van der Waals surface area contributed by atoms with Crippen LogP contribution in [-0.4, -0.2) is 44.3 Å². The zero-order chi connectivity index (χ0) is 12.3. The van der Waals surface area contributed by atoms with Crippen molar-refractivity contribution in [3.63, 3.8) is 0 Å². The van der Waals surface area contributed by atoms with Gasteiger partial charge in [-0.3, -0.25) is 4.79 Å². The van der Waals surface area contributed by atoms with Crippen LogP contribution in [0.4, 0.5) is 0 Å². The van der Waals surface area contributed by atoms with Crippen LogP contribution >= 0.6 is 0 Å². The maximum absolute atomic E-state index is 11.2. The fourth-order valence-corrected chi connectivity index (χ4v) is 2.35. The molecule has 0 N–H and O–H groups in total. The number of carbonyl (C=O) groups is 1. The molecular weight excluding hydrogens is 224 g/mol. The molecule has 5 heteroatoms. The van der Waals surface area contributed by atoms with Gasteiger partial charge in [0.1, 0.15) is 6.10 Å². The van der Waals surface area contributed by atoms with Gasteiger partial charge in [0.25, 0.3) is 0 Å². The fraction of sp³-hybridized carbons (Fsp3) is 0.917. The van der Waals surface area contributed by atoms with E-state index in [-0.39, 0.29) is 24.6 Å². The Bertz CT molecular complexity index is 274. The van der Waals surface area contributed by atoms with Gasteiger partial charge in [-0.25, -0.2) is 0 Å². The number of rotatable bonds is 3. The van der Waals surface area contributed by atoms with Crippen molar-refractivity contribution in [2.24, 2.45) is 0 Å². The minimum Gasteiger partial charge on any atom is -0.469 e. The normalized spacial score (nSPS) is 38.0. The van der Waals surface area contributed by atoms with Crippen molar-refractivity contribution in [3.05, 3.63) is 0 Å². The minimum absolute atomic E-state index is 0.0288. The highest BCUT2D eigenvalue weighted by molar-refractivity contribution is 5.69. The van der Waals surface area contributed by atoms with E-state index < -0.39 is 5.79 Å². The summed E-state index contributed by atoms with van der Waals surface area (Å²) >= 11 is 0. The summed E-state index contributed by atoms with van der Waals surface area (Å²) in [5, 5.41) is 0. The Balaban J connectivity index is 1.88. The Kier molecular flexibility index (Phi) is 4.01. The summed E-state index contributed by atoms with van der Waals surface area (Å²) in [5.41, 5.74) is 0. The standard InChI is InChI=1S/C12H20O5/c1-12(10-5-3-4-6-15-10)16-8-9(17-12)7-11(13)14-2/h9-10H,3-8H2,1-2H3. The van der Waals surface area contributed by atoms with E-state index in [4.69, 9.17) is 14.2 Å². The van der Waals surface area contributed by atoms with Crippen LogP contribution in [0.2, 0.25) is 0 Å². The first kappa shape index (κ1) is 12.8. The molecule has 2 aliphatic heterocycles. The molecule has 0 aliphatic carbocycles. The van der Waals surface area contributed by atoms with Gasteiger partial charge in [0.15, 0.2) is 5.79 Å². The molecule has 2 heterocycles. The SMILES string of the molecule is COC(=O)CC1COC(C)(C2CCCCO2)O1. The second kappa shape index (κ2) is 5.33. The topological polar surface area (TPSA) is 54.0 Å². The highest BCUT2D eigenvalue weighted by atomic mass is 16.8. The van der Waals surface area contributed by atoms with Crippen LogP contribution in [0.25, 0.3) is 0 Å². The molecule has 0 aromatic carbocycles. The van der Waals surface area contributed by atoms with Crippen LogP contribution in [0.5, 0.6) is 0 Å². The molecule has 0 amide bonds. The number of carbonyl (C=O) groups excluding carboxylic acids is 1. The van der Waals surface area contributed by atoms with Gasteiger partial charge >= 0.3 is 5.97 Å². The first-order valence-electron chi connectivity index (χ1n) is 6.14. The Labute approximate surface area is 101 Å². The highest BCUT2D eigenvalue weighted by Gasteiger charge is 2.45. The summed E-state index contributed by atoms with van der Waals surface area (Å²) in [6.45, 7) is 3.07. The van der Waals surface area contributed by atoms with Gasteiger partial charge in [-0.1, -0.05) is 0 Å². The number of esters is 1. The quantitative estimate of drug-likeness (QED) is 0.699. The van der Waals surface area contributed by atoms with Gasteiger partial charge in [-0.15, -0.1) is 0 Å². The average molecular weight is 244 g/mol. The molecule has 2 rings (SSSR count). The minimum atomic E-state index is -0.709. The molecule has 0 saturated carbocycles. The molecule has 2 saturated heterocycles. The maximum atomic E-state index is 11.2. The maximum Gasteiger partial charge on any atom is 0.308 e. The van der Waals surface area contributed by atoms with E-state index in [1.165, 1.54) is 7.11 Å². The van der Waals surface area contributed by atoms with E-state index in [0.717, 1.165) is 25.9 Å². The Morgan fingerprint density at radius 1 is 1.47 bits per heavy atom. The third-order valence-corrected chi connectivity index (χ3v) is 3.34. The summed E-state index contributed by atoms with van der Waals surface area (Å²) in [7, 11) is 1.38. The first-order chi connectivity index (χ1) is 8.14. The zero-order valence-electron chi connectivity index (χ0n) is 10.4. The summed E-state index contributed by atoms with van der Waals surface area (Å²) in [6.07, 6.45) is 3.16. The first-order valence-corrected chi connectivity index (χ1v) is 6.14. The van der Waals surface area contributed by atoms with Crippen molar-refractivity contribution in [3.8, 4) is 0 Å². The number of hydrogen-bond acceptors (Lipinski definition) is 5. The summed E-state index contributed by atoms with van der Waals surface area (Å²) in [6, 6.07) is 0. The van der Waals surface area contributed by atoms with Crippen molar-refractivity contribution in [2.75, 3.05) is 20.3 Å². The predicted octanol–water partition coefficient (Wildman–Crippen LogP) is 1.25. The van der Waals surface area contributed by atoms with Crippen molar-refractivity contribution in [1.82, 2.24) is 0 Å². The monoisotopic (exact) mass is 244 g/mol. The van der Waals surface area contributed by atoms with Gasteiger partial charge in [-0.05, 0) is 26.2 Å². The largest absolute Gasteiger partial charge is 0.469 e. The lowest BCUT2D eigenvalue weighted by molar-refractivity contribution is -0.238. The van der Waals surface area contributed by atoms with E-state index in [1.54, 1.807) is 0 Å². The number of methoxy groups -OCH3 is 1. The molecule has 2 fully saturated rings. The van der Waals surface area contributed by atoms with Crippen molar-refractivity contribution in [2.45, 2.75) is 50.6 Å². The zero-order valence-corrected chi connectivity index (χ0v) is 10.4. The summed E-state index contributed by atoms with van der Waals surface area (Å²) < 4.78 is 21.8. The predicted molar refractivity (Wildman–Crippen MR) is 59.5 cm³/mol. The van der Waals surface area contributed by atoms with Crippen LogP contribution in [0.1, 0.15) is 32.6 Å². The third-order valence-electron chi connectivity index (χ3n) is 3.34. The smallest absolute Gasteiger partial charge is 0.308 e. The van der Waals surface area contributed by atoms with Crippen molar-refractivity contribution < 1.29 is 23.7 Å². The molecule has 0 spiro atoms. The molecule has 0 aromatic rings. The molecule has 98 valence electrons. The molecule has 0 aromatic heterocycles. The number of hydrogen-bond donors (Lipinski definition) is 0. The van der Waals surface area contributed by atoms with Gasteiger partial charge < -0.3 is 18.9 Å². The van der Waals surface area contributed by atoms with Crippen LogP contribution in [0.15, 0.2) is 0 Å². The van der Waals surface area contributed by atoms with E-state index in [2.05, 4.69) is 4.74 Å². The lowest BCUT2D eigenvalue weighted by Crippen LogP contribution is -2.44. The van der Waals surface area contributed by atoms with Gasteiger partial charge in [0, 0.05) is 6.61 Å². The van der Waals surface area contributed by atoms with Crippen molar-refractivity contribution >= 4 is 5.97 Å². The van der Waals surface area contributed by atoms with Crippen LogP contribution in [-0.2, 0) is 23.7 Å². The summed E-state index contributed by atoms with van der Waals surface area (Å²) in [4.78, 5) is 11.2. The van der Waals surface area contributed by atoms with E-state index >= 15 is 0 Å². The van der Waals surface area contributed by atoms with Crippen LogP contribution in [0, 0.1) is 0 Å². The summed E-state index contributed by atoms with van der Waals surface area (Å²) in [5.74, 6) is -0.980. The highest BCUT2D eigenvalue weighted by Crippen LogP contribution is 2.34. The van der Waals surface area contributed by atoms with Crippen molar-refractivity contribution in [1.29, 1.82) is 0 Å². The second-order valence-electron chi connectivity index (χ2n) is 4.70. The molecule has 0 radical (unpaired) electrons.